The summed E-state index contributed by atoms with van der Waals surface area (Å²) in [5.74, 6) is 1.48. The number of benzene rings is 4. The summed E-state index contributed by atoms with van der Waals surface area (Å²) in [5.41, 5.74) is 2.96. The summed E-state index contributed by atoms with van der Waals surface area (Å²) in [6.07, 6.45) is 0. The van der Waals surface area contributed by atoms with E-state index in [9.17, 15) is 9.59 Å². The smallest absolute Gasteiger partial charge is 0.338 e. The van der Waals surface area contributed by atoms with Crippen LogP contribution in [0.5, 0.6) is 23.0 Å². The van der Waals surface area contributed by atoms with E-state index in [0.717, 1.165) is 21.6 Å². The molecule has 0 N–H and O–H groups in total. The van der Waals surface area contributed by atoms with Crippen LogP contribution in [-0.2, 0) is 14.3 Å². The third-order valence-corrected chi connectivity index (χ3v) is 6.05. The van der Waals surface area contributed by atoms with Gasteiger partial charge in [0.25, 0.3) is 0 Å². The summed E-state index contributed by atoms with van der Waals surface area (Å²) >= 11 is 0. The van der Waals surface area contributed by atoms with Crippen LogP contribution in [0.2, 0.25) is 0 Å². The number of hydrogen-bond donors (Lipinski definition) is 0. The maximum atomic E-state index is 13.2. The molecule has 0 fully saturated rings. The molecule has 0 bridgehead atoms. The van der Waals surface area contributed by atoms with Crippen molar-refractivity contribution in [3.63, 3.8) is 0 Å². The van der Waals surface area contributed by atoms with Gasteiger partial charge in [-0.25, -0.2) is 9.59 Å². The molecule has 1 aliphatic heterocycles. The Labute approximate surface area is 226 Å². The fourth-order valence-corrected chi connectivity index (χ4v) is 4.24. The van der Waals surface area contributed by atoms with Crippen LogP contribution in [0.3, 0.4) is 0 Å². The van der Waals surface area contributed by atoms with E-state index in [2.05, 4.69) is 13.2 Å². The zero-order valence-electron chi connectivity index (χ0n) is 21.4. The highest BCUT2D eigenvalue weighted by Crippen LogP contribution is 2.39. The molecule has 4 aromatic rings. The highest BCUT2D eigenvalue weighted by molar-refractivity contribution is 5.99. The average molecular weight is 519 g/mol. The molecule has 0 saturated carbocycles. The molecule has 6 heteroatoms. The molecule has 1 aliphatic rings. The Morgan fingerprint density at radius 3 is 2.31 bits per heavy atom. The first-order chi connectivity index (χ1) is 18.9. The third kappa shape index (κ3) is 5.60. The molecule has 39 heavy (non-hydrogen) atoms. The number of carbonyl (C=O) groups excluding carboxylic acids is 2. The quantitative estimate of drug-likeness (QED) is 0.153. The SMILES string of the molecule is C=C(C)C(=O)OCCOC(=O)c1ccccc1C1=c2ccc(=C)cc2Oc2cc(Oc3ccccc3)ccc21. The minimum atomic E-state index is -0.531. The number of esters is 2. The van der Waals surface area contributed by atoms with Gasteiger partial charge >= 0.3 is 11.9 Å². The maximum Gasteiger partial charge on any atom is 0.338 e. The molecule has 194 valence electrons. The fourth-order valence-electron chi connectivity index (χ4n) is 4.24. The molecule has 6 nitrogen and oxygen atoms in total. The fraction of sp³-hybridized carbons (Fsp3) is 0.0909. The van der Waals surface area contributed by atoms with Crippen LogP contribution in [0.4, 0.5) is 0 Å². The lowest BCUT2D eigenvalue weighted by Crippen LogP contribution is -2.21. The average Bonchev–Trinajstić information content (AvgIpc) is 2.94. The molecule has 0 saturated heterocycles. The van der Waals surface area contributed by atoms with E-state index in [4.69, 9.17) is 18.9 Å². The van der Waals surface area contributed by atoms with Crippen molar-refractivity contribution in [2.45, 2.75) is 6.92 Å². The molecule has 0 amide bonds. The number of para-hydroxylation sites is 1. The zero-order chi connectivity index (χ0) is 27.4. The summed E-state index contributed by atoms with van der Waals surface area (Å²) < 4.78 is 22.8. The Morgan fingerprint density at radius 2 is 1.51 bits per heavy atom. The highest BCUT2D eigenvalue weighted by Gasteiger charge is 2.25. The van der Waals surface area contributed by atoms with Gasteiger partial charge in [0.2, 0.25) is 0 Å². The molecule has 0 unspecified atom stereocenters. The molecule has 0 atom stereocenters. The van der Waals surface area contributed by atoms with Gasteiger partial charge in [0.15, 0.2) is 0 Å². The normalized spacial score (nSPS) is 11.5. The van der Waals surface area contributed by atoms with Gasteiger partial charge in [0.1, 0.15) is 36.2 Å². The van der Waals surface area contributed by atoms with Crippen LogP contribution in [-0.4, -0.2) is 25.2 Å². The summed E-state index contributed by atoms with van der Waals surface area (Å²) in [7, 11) is 0. The Morgan fingerprint density at radius 1 is 0.769 bits per heavy atom. The molecule has 4 aromatic carbocycles. The lowest BCUT2D eigenvalue weighted by Gasteiger charge is -2.23. The van der Waals surface area contributed by atoms with E-state index >= 15 is 0 Å². The van der Waals surface area contributed by atoms with Crippen molar-refractivity contribution in [1.82, 2.24) is 0 Å². The van der Waals surface area contributed by atoms with E-state index in [1.807, 2.05) is 78.9 Å². The predicted molar refractivity (Wildman–Crippen MR) is 148 cm³/mol. The van der Waals surface area contributed by atoms with Crippen molar-refractivity contribution < 1.29 is 28.5 Å². The molecular weight excluding hydrogens is 492 g/mol. The predicted octanol–water partition coefficient (Wildman–Crippen LogP) is 5.52. The molecule has 0 spiro atoms. The lowest BCUT2D eigenvalue weighted by atomic mass is 9.89. The van der Waals surface area contributed by atoms with Crippen LogP contribution >= 0.6 is 0 Å². The molecular formula is C33H26O6. The van der Waals surface area contributed by atoms with E-state index < -0.39 is 11.9 Å². The second-order valence-corrected chi connectivity index (χ2v) is 8.98. The van der Waals surface area contributed by atoms with Crippen LogP contribution in [0, 0.1) is 0 Å². The number of hydrogen-bond acceptors (Lipinski definition) is 6. The molecule has 0 aromatic heterocycles. The van der Waals surface area contributed by atoms with Crippen LogP contribution < -0.4 is 19.9 Å². The highest BCUT2D eigenvalue weighted by atomic mass is 16.6. The van der Waals surface area contributed by atoms with Crippen molar-refractivity contribution in [3.05, 3.63) is 130 Å². The van der Waals surface area contributed by atoms with Gasteiger partial charge in [-0.15, -0.1) is 0 Å². The van der Waals surface area contributed by atoms with Gasteiger partial charge in [-0.05, 0) is 54.1 Å². The van der Waals surface area contributed by atoms with E-state index in [-0.39, 0.29) is 18.8 Å². The zero-order valence-corrected chi connectivity index (χ0v) is 21.4. The monoisotopic (exact) mass is 518 g/mol. The van der Waals surface area contributed by atoms with Gasteiger partial charge in [-0.1, -0.05) is 61.7 Å². The molecule has 0 aliphatic carbocycles. The van der Waals surface area contributed by atoms with Crippen molar-refractivity contribution in [3.8, 4) is 23.0 Å². The lowest BCUT2D eigenvalue weighted by molar-refractivity contribution is -0.140. The summed E-state index contributed by atoms with van der Waals surface area (Å²) in [6, 6.07) is 28.0. The minimum absolute atomic E-state index is 0.0633. The molecule has 5 rings (SSSR count). The van der Waals surface area contributed by atoms with Gasteiger partial charge < -0.3 is 18.9 Å². The second kappa shape index (κ2) is 11.1. The number of rotatable bonds is 8. The Kier molecular flexibility index (Phi) is 7.28. The van der Waals surface area contributed by atoms with E-state index in [1.54, 1.807) is 19.1 Å². The van der Waals surface area contributed by atoms with Crippen molar-refractivity contribution in [2.24, 2.45) is 0 Å². The number of fused-ring (bicyclic) bond motifs is 2. The third-order valence-electron chi connectivity index (χ3n) is 6.05. The second-order valence-electron chi connectivity index (χ2n) is 8.98. The van der Waals surface area contributed by atoms with Gasteiger partial charge in [-0.3, -0.25) is 0 Å². The van der Waals surface area contributed by atoms with Gasteiger partial charge in [0, 0.05) is 28.0 Å². The van der Waals surface area contributed by atoms with E-state index in [1.165, 1.54) is 0 Å². The maximum absolute atomic E-state index is 13.2. The Balaban J connectivity index is 1.52. The Bertz CT molecular complexity index is 1690. The summed E-state index contributed by atoms with van der Waals surface area (Å²) in [6.45, 7) is 8.99. The largest absolute Gasteiger partial charge is 0.459 e. The topological polar surface area (TPSA) is 71.1 Å². The van der Waals surface area contributed by atoms with E-state index in [0.29, 0.717) is 34.1 Å². The van der Waals surface area contributed by atoms with Crippen LogP contribution in [0.25, 0.3) is 12.2 Å². The summed E-state index contributed by atoms with van der Waals surface area (Å²) in [5, 5.41) is 1.62. The van der Waals surface area contributed by atoms with Crippen LogP contribution in [0.15, 0.2) is 103 Å². The van der Waals surface area contributed by atoms with Crippen molar-refractivity contribution >= 4 is 24.1 Å². The molecule has 1 heterocycles. The first kappa shape index (κ1) is 25.5. The van der Waals surface area contributed by atoms with Crippen molar-refractivity contribution in [2.75, 3.05) is 13.2 Å². The standard InChI is InChI=1S/C33H26O6/c1-21(2)32(34)36-17-18-37-33(35)26-12-8-7-11-25(26)31-27-15-13-22(3)19-29(27)39-30-20-24(14-16-28(30)31)38-23-9-5-4-6-10-23/h4-16,19-20H,1,3,17-18H2,2H3. The summed E-state index contributed by atoms with van der Waals surface area (Å²) in [4.78, 5) is 24.8. The first-order valence-corrected chi connectivity index (χ1v) is 12.4. The first-order valence-electron chi connectivity index (χ1n) is 12.4. The number of ether oxygens (including phenoxy) is 4. The number of carbonyl (C=O) groups is 2. The Hall–Kier alpha value is -5.10. The van der Waals surface area contributed by atoms with Crippen molar-refractivity contribution in [1.29, 1.82) is 0 Å². The van der Waals surface area contributed by atoms with Gasteiger partial charge in [0.05, 0.1) is 5.56 Å². The minimum Gasteiger partial charge on any atom is -0.459 e. The van der Waals surface area contributed by atoms with Crippen LogP contribution in [0.1, 0.15) is 28.4 Å². The molecule has 0 radical (unpaired) electrons. The van der Waals surface area contributed by atoms with Gasteiger partial charge in [-0.2, -0.15) is 0 Å².